The second-order valence-electron chi connectivity index (χ2n) is 8.18. The van der Waals surface area contributed by atoms with Crippen LogP contribution in [-0.2, 0) is 19.5 Å². The number of nitrogens with zero attached hydrogens (tertiary/aromatic N) is 2. The van der Waals surface area contributed by atoms with Crippen molar-refractivity contribution in [3.63, 3.8) is 0 Å². The number of benzene rings is 1. The second kappa shape index (κ2) is 7.17. The summed E-state index contributed by atoms with van der Waals surface area (Å²) in [5, 5.41) is 1.05. The molecule has 1 fully saturated rings. The Morgan fingerprint density at radius 1 is 1.21 bits per heavy atom. The van der Waals surface area contributed by atoms with E-state index in [0.717, 1.165) is 65.9 Å². The van der Waals surface area contributed by atoms with Gasteiger partial charge in [-0.1, -0.05) is 19.3 Å². The molecule has 2 aliphatic rings. The molecule has 1 aliphatic carbocycles. The smallest absolute Gasteiger partial charge is 0.254 e. The van der Waals surface area contributed by atoms with E-state index in [2.05, 4.69) is 14.9 Å². The molecule has 0 saturated heterocycles. The van der Waals surface area contributed by atoms with Crippen molar-refractivity contribution < 1.29 is 4.39 Å². The van der Waals surface area contributed by atoms with Crippen molar-refractivity contribution in [2.24, 2.45) is 0 Å². The first kappa shape index (κ1) is 17.6. The van der Waals surface area contributed by atoms with Crippen LogP contribution in [0.2, 0.25) is 0 Å². The molecule has 0 unspecified atom stereocenters. The third-order valence-electron chi connectivity index (χ3n) is 6.29. The van der Waals surface area contributed by atoms with Crippen molar-refractivity contribution in [2.45, 2.75) is 57.5 Å². The summed E-state index contributed by atoms with van der Waals surface area (Å²) in [6.07, 6.45) is 8.65. The fourth-order valence-electron chi connectivity index (χ4n) is 4.75. The Morgan fingerprint density at radius 3 is 2.93 bits per heavy atom. The Kier molecular flexibility index (Phi) is 4.51. The number of nitrogens with one attached hydrogen (secondary N) is 2. The molecule has 0 radical (unpaired) electrons. The molecule has 0 spiro atoms. The first-order chi connectivity index (χ1) is 13.7. The highest BCUT2D eigenvalue weighted by Gasteiger charge is 2.25. The molecular formula is C22H25FN4O. The molecule has 5 rings (SSSR count). The van der Waals surface area contributed by atoms with Gasteiger partial charge in [0.05, 0.1) is 5.69 Å². The van der Waals surface area contributed by atoms with Gasteiger partial charge in [-0.05, 0) is 43.0 Å². The van der Waals surface area contributed by atoms with Crippen molar-refractivity contribution in [3.05, 3.63) is 63.2 Å². The first-order valence-corrected chi connectivity index (χ1v) is 10.3. The van der Waals surface area contributed by atoms with Gasteiger partial charge < -0.3 is 9.97 Å². The zero-order valence-electron chi connectivity index (χ0n) is 15.9. The van der Waals surface area contributed by atoms with E-state index in [1.807, 2.05) is 12.3 Å². The topological polar surface area (TPSA) is 64.8 Å². The molecule has 28 heavy (non-hydrogen) atoms. The molecule has 5 nitrogen and oxygen atoms in total. The zero-order chi connectivity index (χ0) is 19.1. The summed E-state index contributed by atoms with van der Waals surface area (Å²) in [7, 11) is 0. The monoisotopic (exact) mass is 380 g/mol. The molecule has 0 bridgehead atoms. The molecule has 3 heterocycles. The molecule has 2 aromatic heterocycles. The highest BCUT2D eigenvalue weighted by atomic mass is 19.1. The van der Waals surface area contributed by atoms with Gasteiger partial charge in [0.15, 0.2) is 0 Å². The lowest BCUT2D eigenvalue weighted by atomic mass is 9.88. The minimum absolute atomic E-state index is 0.0489. The standard InChI is InChI=1S/C22H25FN4O/c23-16-6-7-17-15(11-24-19(17)10-16)12-27-9-8-18-20(13-27)25-21(26-22(18)28)14-4-2-1-3-5-14/h6-7,10-11,14,24H,1-5,8-9,12-13H2,(H,25,26,28). The number of hydrogen-bond donors (Lipinski definition) is 2. The number of fused-ring (bicyclic) bond motifs is 2. The molecule has 6 heteroatoms. The summed E-state index contributed by atoms with van der Waals surface area (Å²) in [4.78, 5) is 26.1. The van der Waals surface area contributed by atoms with Gasteiger partial charge in [-0.2, -0.15) is 0 Å². The third-order valence-corrected chi connectivity index (χ3v) is 6.29. The van der Waals surface area contributed by atoms with E-state index in [1.54, 1.807) is 0 Å². The van der Waals surface area contributed by atoms with Gasteiger partial charge in [0, 0.05) is 48.2 Å². The van der Waals surface area contributed by atoms with Gasteiger partial charge in [0.2, 0.25) is 0 Å². The van der Waals surface area contributed by atoms with Crippen molar-refractivity contribution in [1.29, 1.82) is 0 Å². The highest BCUT2D eigenvalue weighted by Crippen LogP contribution is 2.31. The van der Waals surface area contributed by atoms with Crippen LogP contribution in [0.1, 0.15) is 60.7 Å². The minimum Gasteiger partial charge on any atom is -0.361 e. The summed E-state index contributed by atoms with van der Waals surface area (Å²) in [6.45, 7) is 2.28. The number of aromatic amines is 2. The lowest BCUT2D eigenvalue weighted by Gasteiger charge is -2.28. The van der Waals surface area contributed by atoms with Gasteiger partial charge in [-0.3, -0.25) is 9.69 Å². The summed E-state index contributed by atoms with van der Waals surface area (Å²) in [6, 6.07) is 4.86. The molecule has 3 aromatic rings. The normalized spacial score (nSPS) is 18.5. The first-order valence-electron chi connectivity index (χ1n) is 10.3. The SMILES string of the molecule is O=c1[nH]c(C2CCCCC2)nc2c1CCN(Cc1c[nH]c3cc(F)ccc13)C2. The van der Waals surface area contributed by atoms with Crippen LogP contribution in [0.3, 0.4) is 0 Å². The molecule has 1 saturated carbocycles. The number of H-pyrrole nitrogens is 2. The molecule has 2 N–H and O–H groups in total. The maximum absolute atomic E-state index is 13.4. The molecule has 1 aromatic carbocycles. The van der Waals surface area contributed by atoms with Crippen molar-refractivity contribution >= 4 is 10.9 Å². The van der Waals surface area contributed by atoms with Gasteiger partial charge in [-0.25, -0.2) is 9.37 Å². The van der Waals surface area contributed by atoms with Crippen molar-refractivity contribution in [2.75, 3.05) is 6.54 Å². The molecule has 0 amide bonds. The quantitative estimate of drug-likeness (QED) is 0.722. The van der Waals surface area contributed by atoms with Crippen molar-refractivity contribution in [3.8, 4) is 0 Å². The lowest BCUT2D eigenvalue weighted by Crippen LogP contribution is -2.35. The number of aromatic nitrogens is 3. The van der Waals surface area contributed by atoms with Crippen LogP contribution in [0, 0.1) is 5.82 Å². The van der Waals surface area contributed by atoms with Crippen LogP contribution in [-0.4, -0.2) is 26.4 Å². The molecule has 146 valence electrons. The fourth-order valence-corrected chi connectivity index (χ4v) is 4.75. The predicted octanol–water partition coefficient (Wildman–Crippen LogP) is 4.00. The zero-order valence-corrected chi connectivity index (χ0v) is 15.9. The summed E-state index contributed by atoms with van der Waals surface area (Å²) >= 11 is 0. The Bertz CT molecular complexity index is 1060. The Morgan fingerprint density at radius 2 is 2.07 bits per heavy atom. The van der Waals surface area contributed by atoms with Gasteiger partial charge in [0.25, 0.3) is 5.56 Å². The Hall–Kier alpha value is -2.47. The second-order valence-corrected chi connectivity index (χ2v) is 8.18. The maximum Gasteiger partial charge on any atom is 0.254 e. The molecule has 0 atom stereocenters. The fraction of sp³-hybridized carbons (Fsp3) is 0.455. The third kappa shape index (κ3) is 3.26. The predicted molar refractivity (Wildman–Crippen MR) is 107 cm³/mol. The van der Waals surface area contributed by atoms with E-state index in [0.29, 0.717) is 12.5 Å². The Labute approximate surface area is 163 Å². The van der Waals surface area contributed by atoms with E-state index in [-0.39, 0.29) is 11.4 Å². The summed E-state index contributed by atoms with van der Waals surface area (Å²) in [5.74, 6) is 1.05. The van der Waals surface area contributed by atoms with E-state index < -0.39 is 0 Å². The summed E-state index contributed by atoms with van der Waals surface area (Å²) in [5.41, 5.74) is 3.79. The minimum atomic E-state index is -0.230. The van der Waals surface area contributed by atoms with Crippen molar-refractivity contribution in [1.82, 2.24) is 19.9 Å². The largest absolute Gasteiger partial charge is 0.361 e. The lowest BCUT2D eigenvalue weighted by molar-refractivity contribution is 0.240. The van der Waals surface area contributed by atoms with Gasteiger partial charge >= 0.3 is 0 Å². The Balaban J connectivity index is 1.39. The van der Waals surface area contributed by atoms with Crippen LogP contribution in [0.25, 0.3) is 10.9 Å². The van der Waals surface area contributed by atoms with E-state index in [1.165, 1.54) is 31.4 Å². The summed E-state index contributed by atoms with van der Waals surface area (Å²) < 4.78 is 13.4. The van der Waals surface area contributed by atoms with Crippen LogP contribution < -0.4 is 5.56 Å². The maximum atomic E-state index is 13.4. The highest BCUT2D eigenvalue weighted by molar-refractivity contribution is 5.83. The van der Waals surface area contributed by atoms with Crippen LogP contribution in [0.15, 0.2) is 29.2 Å². The number of hydrogen-bond acceptors (Lipinski definition) is 3. The van der Waals surface area contributed by atoms with Crippen LogP contribution >= 0.6 is 0 Å². The number of halogens is 1. The molecule has 1 aliphatic heterocycles. The average molecular weight is 380 g/mol. The van der Waals surface area contributed by atoms with E-state index in [9.17, 15) is 9.18 Å². The van der Waals surface area contributed by atoms with E-state index in [4.69, 9.17) is 4.98 Å². The van der Waals surface area contributed by atoms with Crippen LogP contribution in [0.4, 0.5) is 4.39 Å². The number of rotatable bonds is 3. The average Bonchev–Trinajstić information content (AvgIpc) is 3.10. The van der Waals surface area contributed by atoms with Crippen LogP contribution in [0.5, 0.6) is 0 Å². The van der Waals surface area contributed by atoms with E-state index >= 15 is 0 Å². The van der Waals surface area contributed by atoms with Gasteiger partial charge in [0.1, 0.15) is 11.6 Å². The van der Waals surface area contributed by atoms with Gasteiger partial charge in [-0.15, -0.1) is 0 Å². The molecular weight excluding hydrogens is 355 g/mol.